The quantitative estimate of drug-likeness (QED) is 0.699. The Morgan fingerprint density at radius 2 is 1.77 bits per heavy atom. The minimum absolute atomic E-state index is 0.0970. The van der Waals surface area contributed by atoms with E-state index in [4.69, 9.17) is 0 Å². The maximum atomic E-state index is 12.8. The number of carbonyl (C=O) groups is 1. The van der Waals surface area contributed by atoms with Crippen LogP contribution >= 0.6 is 0 Å². The summed E-state index contributed by atoms with van der Waals surface area (Å²) in [7, 11) is -3.82. The summed E-state index contributed by atoms with van der Waals surface area (Å²) in [5, 5.41) is 9.73. The van der Waals surface area contributed by atoms with E-state index in [1.165, 1.54) is 6.07 Å². The number of piperazine rings is 1. The minimum Gasteiger partial charge on any atom is -0.478 e. The number of aromatic carboxylic acids is 1. The topological polar surface area (TPSA) is 90.0 Å². The molecule has 2 aromatic carbocycles. The van der Waals surface area contributed by atoms with Crippen LogP contribution in [0.1, 0.15) is 34.8 Å². The van der Waals surface area contributed by atoms with Crippen molar-refractivity contribution in [3.63, 3.8) is 0 Å². The van der Waals surface area contributed by atoms with Crippen LogP contribution in [-0.4, -0.2) is 57.1 Å². The van der Waals surface area contributed by atoms with E-state index >= 15 is 0 Å². The van der Waals surface area contributed by atoms with Crippen molar-refractivity contribution < 1.29 is 18.3 Å². The summed E-state index contributed by atoms with van der Waals surface area (Å²) in [6.07, 6.45) is 1.09. The first-order chi connectivity index (χ1) is 14.2. The van der Waals surface area contributed by atoms with Gasteiger partial charge in [-0.1, -0.05) is 24.6 Å². The van der Waals surface area contributed by atoms with Gasteiger partial charge in [0, 0.05) is 31.9 Å². The Bertz CT molecular complexity index is 1030. The van der Waals surface area contributed by atoms with Crippen LogP contribution in [-0.2, 0) is 10.0 Å². The van der Waals surface area contributed by atoms with Gasteiger partial charge in [0.1, 0.15) is 0 Å². The molecule has 1 aliphatic heterocycles. The Kier molecular flexibility index (Phi) is 6.67. The highest BCUT2D eigenvalue weighted by atomic mass is 32.2. The molecule has 0 bridgehead atoms. The van der Waals surface area contributed by atoms with Crippen molar-refractivity contribution in [2.75, 3.05) is 42.3 Å². The summed E-state index contributed by atoms with van der Waals surface area (Å²) in [6.45, 7) is 10.1. The molecule has 2 aromatic rings. The third kappa shape index (κ3) is 4.94. The number of carboxylic acid groups (broad SMARTS) is 1. The third-order valence-corrected chi connectivity index (χ3v) is 6.89. The number of rotatable bonds is 7. The zero-order valence-corrected chi connectivity index (χ0v) is 18.5. The number of hydrogen-bond donors (Lipinski definition) is 2. The standard InChI is InChI=1S/C22H29N3O4S/c1-4-9-24-10-12-25(13-11-24)20-7-6-18(15-19(20)22(26)27)23-30(28,29)21-8-5-16(2)14-17(21)3/h5-8,14-15,23H,4,9-13H2,1-3H3,(H,26,27). The van der Waals surface area contributed by atoms with Gasteiger partial charge in [-0.05, 0) is 56.6 Å². The van der Waals surface area contributed by atoms with Gasteiger partial charge in [0.05, 0.1) is 16.1 Å². The third-order valence-electron chi connectivity index (χ3n) is 5.35. The lowest BCUT2D eigenvalue weighted by atomic mass is 10.1. The van der Waals surface area contributed by atoms with Gasteiger partial charge in [-0.15, -0.1) is 0 Å². The molecule has 0 radical (unpaired) electrons. The molecule has 1 fully saturated rings. The fourth-order valence-corrected chi connectivity index (χ4v) is 5.16. The van der Waals surface area contributed by atoms with E-state index in [0.717, 1.165) is 44.7 Å². The monoisotopic (exact) mass is 431 g/mol. The van der Waals surface area contributed by atoms with Crippen LogP contribution in [0, 0.1) is 13.8 Å². The van der Waals surface area contributed by atoms with Gasteiger partial charge in [0.15, 0.2) is 0 Å². The second kappa shape index (κ2) is 9.06. The van der Waals surface area contributed by atoms with Gasteiger partial charge in [-0.2, -0.15) is 0 Å². The first-order valence-electron chi connectivity index (χ1n) is 10.2. The van der Waals surface area contributed by atoms with Crippen molar-refractivity contribution in [2.24, 2.45) is 0 Å². The lowest BCUT2D eigenvalue weighted by Crippen LogP contribution is -2.47. The van der Waals surface area contributed by atoms with Crippen LogP contribution in [0.2, 0.25) is 0 Å². The molecule has 0 saturated carbocycles. The van der Waals surface area contributed by atoms with E-state index in [1.807, 2.05) is 6.92 Å². The van der Waals surface area contributed by atoms with Crippen molar-refractivity contribution in [1.82, 2.24) is 4.90 Å². The Balaban J connectivity index is 1.84. The van der Waals surface area contributed by atoms with E-state index < -0.39 is 16.0 Å². The fraction of sp³-hybridized carbons (Fsp3) is 0.409. The molecule has 0 aromatic heterocycles. The summed E-state index contributed by atoms with van der Waals surface area (Å²) in [4.78, 5) is 16.5. The van der Waals surface area contributed by atoms with Crippen LogP contribution in [0.25, 0.3) is 0 Å². The van der Waals surface area contributed by atoms with E-state index in [1.54, 1.807) is 37.3 Å². The second-order valence-corrected chi connectivity index (χ2v) is 9.39. The highest BCUT2D eigenvalue weighted by Crippen LogP contribution is 2.28. The number of hydrogen-bond acceptors (Lipinski definition) is 5. The normalized spacial score (nSPS) is 15.2. The van der Waals surface area contributed by atoms with E-state index in [2.05, 4.69) is 21.4 Å². The largest absolute Gasteiger partial charge is 0.478 e. The highest BCUT2D eigenvalue weighted by molar-refractivity contribution is 7.92. The summed E-state index contributed by atoms with van der Waals surface area (Å²) >= 11 is 0. The molecule has 30 heavy (non-hydrogen) atoms. The summed E-state index contributed by atoms with van der Waals surface area (Å²) in [6, 6.07) is 9.83. The highest BCUT2D eigenvalue weighted by Gasteiger charge is 2.23. The number of anilines is 2. The Morgan fingerprint density at radius 3 is 2.37 bits per heavy atom. The summed E-state index contributed by atoms with van der Waals surface area (Å²) in [5.74, 6) is -1.08. The Morgan fingerprint density at radius 1 is 1.07 bits per heavy atom. The molecule has 0 spiro atoms. The predicted molar refractivity (Wildman–Crippen MR) is 119 cm³/mol. The smallest absolute Gasteiger partial charge is 0.337 e. The van der Waals surface area contributed by atoms with E-state index in [9.17, 15) is 18.3 Å². The maximum Gasteiger partial charge on any atom is 0.337 e. The zero-order chi connectivity index (χ0) is 21.9. The molecule has 1 aliphatic rings. The number of benzene rings is 2. The van der Waals surface area contributed by atoms with Crippen LogP contribution in [0.3, 0.4) is 0 Å². The van der Waals surface area contributed by atoms with Crippen molar-refractivity contribution >= 4 is 27.4 Å². The van der Waals surface area contributed by atoms with Gasteiger partial charge in [-0.3, -0.25) is 9.62 Å². The number of aryl methyl sites for hydroxylation is 2. The first kappa shape index (κ1) is 22.1. The van der Waals surface area contributed by atoms with Crippen molar-refractivity contribution in [3.05, 3.63) is 53.1 Å². The molecule has 0 aliphatic carbocycles. The molecule has 2 N–H and O–H groups in total. The van der Waals surface area contributed by atoms with Crippen LogP contribution in [0.15, 0.2) is 41.3 Å². The molecule has 1 saturated heterocycles. The molecule has 162 valence electrons. The molecular weight excluding hydrogens is 402 g/mol. The van der Waals surface area contributed by atoms with Crippen LogP contribution < -0.4 is 9.62 Å². The van der Waals surface area contributed by atoms with Gasteiger partial charge in [0.25, 0.3) is 10.0 Å². The Hall–Kier alpha value is -2.58. The summed E-state index contributed by atoms with van der Waals surface area (Å²) in [5.41, 5.74) is 2.57. The number of carboxylic acids is 1. The van der Waals surface area contributed by atoms with Crippen molar-refractivity contribution in [2.45, 2.75) is 32.1 Å². The predicted octanol–water partition coefficient (Wildman–Crippen LogP) is 3.33. The van der Waals surface area contributed by atoms with Crippen molar-refractivity contribution in [1.29, 1.82) is 0 Å². The SMILES string of the molecule is CCCN1CCN(c2ccc(NS(=O)(=O)c3ccc(C)cc3C)cc2C(=O)O)CC1. The zero-order valence-electron chi connectivity index (χ0n) is 17.7. The van der Waals surface area contributed by atoms with E-state index in [0.29, 0.717) is 11.3 Å². The maximum absolute atomic E-state index is 12.8. The van der Waals surface area contributed by atoms with Gasteiger partial charge in [-0.25, -0.2) is 13.2 Å². The summed E-state index contributed by atoms with van der Waals surface area (Å²) < 4.78 is 28.2. The molecule has 1 heterocycles. The first-order valence-corrected chi connectivity index (χ1v) is 11.6. The molecule has 7 nitrogen and oxygen atoms in total. The molecule has 3 rings (SSSR count). The lowest BCUT2D eigenvalue weighted by molar-refractivity contribution is 0.0697. The fourth-order valence-electron chi connectivity index (χ4n) is 3.89. The van der Waals surface area contributed by atoms with E-state index in [-0.39, 0.29) is 16.1 Å². The molecular formula is C22H29N3O4S. The van der Waals surface area contributed by atoms with Gasteiger partial charge >= 0.3 is 5.97 Å². The average Bonchev–Trinajstić information content (AvgIpc) is 2.68. The van der Waals surface area contributed by atoms with Gasteiger partial charge < -0.3 is 10.0 Å². The number of sulfonamides is 1. The molecule has 0 atom stereocenters. The minimum atomic E-state index is -3.82. The lowest BCUT2D eigenvalue weighted by Gasteiger charge is -2.36. The number of nitrogens with one attached hydrogen (secondary N) is 1. The molecule has 8 heteroatoms. The molecule has 0 amide bonds. The molecule has 0 unspecified atom stereocenters. The Labute approximate surface area is 178 Å². The van der Waals surface area contributed by atoms with Crippen LogP contribution in [0.4, 0.5) is 11.4 Å². The number of nitrogens with zero attached hydrogens (tertiary/aromatic N) is 2. The van der Waals surface area contributed by atoms with Crippen molar-refractivity contribution in [3.8, 4) is 0 Å². The van der Waals surface area contributed by atoms with Crippen LogP contribution in [0.5, 0.6) is 0 Å². The second-order valence-electron chi connectivity index (χ2n) is 7.74. The average molecular weight is 432 g/mol. The van der Waals surface area contributed by atoms with Gasteiger partial charge in [0.2, 0.25) is 0 Å².